The first-order chi connectivity index (χ1) is 13.8. The first-order valence-electron chi connectivity index (χ1n) is 10.3. The number of benzene rings is 2. The zero-order valence-electron chi connectivity index (χ0n) is 18.1. The lowest BCUT2D eigenvalue weighted by atomic mass is 10.1. The number of anilines is 2. The molecule has 2 aromatic rings. The molecule has 4 rings (SSSR count). The minimum absolute atomic E-state index is 0.0296. The van der Waals surface area contributed by atoms with Gasteiger partial charge in [-0.2, -0.15) is 0 Å². The van der Waals surface area contributed by atoms with Crippen molar-refractivity contribution in [3.63, 3.8) is 0 Å². The van der Waals surface area contributed by atoms with Crippen LogP contribution in [0.25, 0.3) is 0 Å². The van der Waals surface area contributed by atoms with Crippen LogP contribution >= 0.6 is 28.9 Å². The Morgan fingerprint density at radius 3 is 2.48 bits per heavy atom. The second-order valence-electron chi connectivity index (χ2n) is 8.34. The van der Waals surface area contributed by atoms with Crippen LogP contribution in [0.1, 0.15) is 31.9 Å². The maximum Gasteiger partial charge on any atom is 0.0809 e. The van der Waals surface area contributed by atoms with Gasteiger partial charge in [0.05, 0.1) is 23.3 Å². The molecule has 0 radical (unpaired) electrons. The lowest BCUT2D eigenvalue weighted by Gasteiger charge is -2.37. The zero-order chi connectivity index (χ0) is 20.9. The SMILES string of the molecule is CCc1cc(N(C)C)cc2c1N=c1c(C)cc(N3CC(C)OC(C)C3)cc1=S2I. The van der Waals surface area contributed by atoms with Gasteiger partial charge in [0.25, 0.3) is 0 Å². The number of morpholine rings is 1. The smallest absolute Gasteiger partial charge is 0.0809 e. The molecule has 6 heteroatoms. The molecular formula is C23H30IN3OS. The minimum Gasteiger partial charge on any atom is -0.378 e. The molecule has 2 heterocycles. The Kier molecular flexibility index (Phi) is 5.97. The lowest BCUT2D eigenvalue weighted by molar-refractivity contribution is -0.00522. The van der Waals surface area contributed by atoms with Gasteiger partial charge in [0.2, 0.25) is 0 Å². The number of hydrogen-bond donors (Lipinski definition) is 0. The zero-order valence-corrected chi connectivity index (χ0v) is 21.1. The van der Waals surface area contributed by atoms with E-state index in [1.165, 1.54) is 43.0 Å². The number of rotatable bonds is 3. The molecular weight excluding hydrogens is 493 g/mol. The standard InChI is InChI=1S/C23H30IN3OS/c1-7-17-9-18(26(5)6)10-21-23(17)25-22-14(2)8-19(11-20(22)29(21)24)27-12-15(3)28-16(4)13-27/h8-11,15-16H,7,12-13H2,1-6H3. The van der Waals surface area contributed by atoms with E-state index in [0.29, 0.717) is 0 Å². The molecule has 0 amide bonds. The largest absolute Gasteiger partial charge is 0.378 e. The number of fused-ring (bicyclic) bond motifs is 2. The van der Waals surface area contributed by atoms with Crippen LogP contribution in [0.3, 0.4) is 0 Å². The normalized spacial score (nSPS) is 23.3. The Labute approximate surface area is 188 Å². The van der Waals surface area contributed by atoms with Crippen LogP contribution in [0.2, 0.25) is 0 Å². The molecule has 2 aliphatic rings. The Hall–Kier alpha value is -1.12. The first kappa shape index (κ1) is 21.1. The van der Waals surface area contributed by atoms with E-state index in [0.717, 1.165) is 19.5 Å². The summed E-state index contributed by atoms with van der Waals surface area (Å²) in [4.78, 5) is 11.2. The summed E-state index contributed by atoms with van der Waals surface area (Å²) in [6.45, 7) is 10.6. The third-order valence-electron chi connectivity index (χ3n) is 5.68. The van der Waals surface area contributed by atoms with Crippen LogP contribution in [-0.2, 0) is 11.2 Å². The molecule has 0 spiro atoms. The monoisotopic (exact) mass is 523 g/mol. The summed E-state index contributed by atoms with van der Waals surface area (Å²) in [6, 6.07) is 9.31. The third kappa shape index (κ3) is 3.95. The Morgan fingerprint density at radius 1 is 1.17 bits per heavy atom. The topological polar surface area (TPSA) is 28.1 Å². The van der Waals surface area contributed by atoms with Crippen molar-refractivity contribution in [2.24, 2.45) is 4.99 Å². The van der Waals surface area contributed by atoms with Gasteiger partial charge in [0, 0.05) is 48.0 Å². The molecule has 0 bridgehead atoms. The first-order valence-corrected chi connectivity index (χ1v) is 14.1. The molecule has 1 fully saturated rings. The molecule has 0 aromatic heterocycles. The van der Waals surface area contributed by atoms with Crippen molar-refractivity contribution in [3.8, 4) is 0 Å². The average molecular weight is 523 g/mol. The number of ether oxygens (including phenoxy) is 1. The molecule has 3 unspecified atom stereocenters. The summed E-state index contributed by atoms with van der Waals surface area (Å²) in [7, 11) is 4.20. The fourth-order valence-corrected chi connectivity index (χ4v) is 7.67. The second-order valence-corrected chi connectivity index (χ2v) is 12.4. The van der Waals surface area contributed by atoms with E-state index in [2.05, 4.69) is 97.1 Å². The van der Waals surface area contributed by atoms with Crippen molar-refractivity contribution in [1.29, 1.82) is 0 Å². The summed E-state index contributed by atoms with van der Waals surface area (Å²) in [5, 5.41) is 1.17. The second kappa shape index (κ2) is 8.19. The van der Waals surface area contributed by atoms with E-state index >= 15 is 0 Å². The van der Waals surface area contributed by atoms with Crippen molar-refractivity contribution >= 4 is 45.9 Å². The van der Waals surface area contributed by atoms with Gasteiger partial charge in [0.15, 0.2) is 0 Å². The predicted octanol–water partition coefficient (Wildman–Crippen LogP) is 5.43. The van der Waals surface area contributed by atoms with Crippen LogP contribution in [0.4, 0.5) is 17.1 Å². The Morgan fingerprint density at radius 2 is 1.86 bits per heavy atom. The summed E-state index contributed by atoms with van der Waals surface area (Å²) in [5.41, 5.74) is 6.36. The Bertz CT molecular complexity index is 1070. The molecule has 29 heavy (non-hydrogen) atoms. The molecule has 4 nitrogen and oxygen atoms in total. The fourth-order valence-electron chi connectivity index (χ4n) is 4.25. The van der Waals surface area contributed by atoms with Gasteiger partial charge in [-0.25, -0.2) is 4.99 Å². The Balaban J connectivity index is 1.91. The molecule has 2 aliphatic heterocycles. The number of halogens is 1. The molecule has 156 valence electrons. The third-order valence-corrected chi connectivity index (χ3v) is 9.92. The number of aryl methyl sites for hydroxylation is 2. The van der Waals surface area contributed by atoms with Gasteiger partial charge in [-0.1, -0.05) is 14.6 Å². The van der Waals surface area contributed by atoms with Crippen molar-refractivity contribution in [3.05, 3.63) is 45.3 Å². The molecule has 3 atom stereocenters. The highest BCUT2D eigenvalue weighted by atomic mass is 127. The lowest BCUT2D eigenvalue weighted by Crippen LogP contribution is -2.45. The number of nitrogens with zero attached hydrogens (tertiary/aromatic N) is 3. The molecule has 0 aliphatic carbocycles. The van der Waals surface area contributed by atoms with Crippen molar-refractivity contribution in [2.45, 2.75) is 51.2 Å². The van der Waals surface area contributed by atoms with E-state index < -0.39 is 0 Å². The quantitative estimate of drug-likeness (QED) is 0.397. The van der Waals surface area contributed by atoms with E-state index in [1.54, 1.807) is 0 Å². The highest BCUT2D eigenvalue weighted by Gasteiger charge is 2.24. The molecule has 0 saturated carbocycles. The van der Waals surface area contributed by atoms with Crippen molar-refractivity contribution < 1.29 is 4.74 Å². The number of hydrogen-bond acceptors (Lipinski definition) is 4. The molecule has 2 aromatic carbocycles. The predicted molar refractivity (Wildman–Crippen MR) is 133 cm³/mol. The molecule has 1 saturated heterocycles. The van der Waals surface area contributed by atoms with Crippen LogP contribution in [-0.4, -0.2) is 39.4 Å². The van der Waals surface area contributed by atoms with Gasteiger partial charge in [-0.05, 0) is 83.8 Å². The maximum absolute atomic E-state index is 5.94. The van der Waals surface area contributed by atoms with E-state index in [9.17, 15) is 0 Å². The van der Waals surface area contributed by atoms with Crippen molar-refractivity contribution in [2.75, 3.05) is 37.0 Å². The van der Waals surface area contributed by atoms with Gasteiger partial charge >= 0.3 is 0 Å². The minimum atomic E-state index is -0.0296. The fraction of sp³-hybridized carbons (Fsp3) is 0.478. The van der Waals surface area contributed by atoms with Crippen LogP contribution in [0, 0.1) is 11.4 Å². The van der Waals surface area contributed by atoms with Gasteiger partial charge in [-0.3, -0.25) is 0 Å². The van der Waals surface area contributed by atoms with E-state index in [4.69, 9.17) is 9.73 Å². The highest BCUT2D eigenvalue weighted by molar-refractivity contribution is 14.2. The maximum atomic E-state index is 5.94. The van der Waals surface area contributed by atoms with Gasteiger partial charge in [0.1, 0.15) is 0 Å². The molecule has 0 N–H and O–H groups in total. The van der Waals surface area contributed by atoms with Crippen LogP contribution in [0.5, 0.6) is 0 Å². The summed E-state index contributed by atoms with van der Waals surface area (Å²) in [5.74, 6) is 0. The van der Waals surface area contributed by atoms with E-state index in [1.807, 2.05) is 0 Å². The summed E-state index contributed by atoms with van der Waals surface area (Å²) < 4.78 is 7.30. The van der Waals surface area contributed by atoms with Crippen molar-refractivity contribution in [1.82, 2.24) is 0 Å². The van der Waals surface area contributed by atoms with Crippen LogP contribution < -0.4 is 15.2 Å². The van der Waals surface area contributed by atoms with Crippen LogP contribution in [0.15, 0.2) is 34.2 Å². The average Bonchev–Trinajstić information content (AvgIpc) is 2.67. The summed E-state index contributed by atoms with van der Waals surface area (Å²) in [6.07, 6.45) is 1.51. The highest BCUT2D eigenvalue weighted by Crippen LogP contribution is 2.48. The van der Waals surface area contributed by atoms with Gasteiger partial charge < -0.3 is 14.5 Å². The summed E-state index contributed by atoms with van der Waals surface area (Å²) >= 11 is 2.63. The van der Waals surface area contributed by atoms with E-state index in [-0.39, 0.29) is 19.9 Å². The van der Waals surface area contributed by atoms with Gasteiger partial charge in [-0.15, -0.1) is 0 Å².